The molecule has 0 saturated carbocycles. The molecule has 0 unspecified atom stereocenters. The highest BCUT2D eigenvalue weighted by Crippen LogP contribution is 2.37. The van der Waals surface area contributed by atoms with E-state index in [9.17, 15) is 33.0 Å². The molecule has 0 spiro atoms. The lowest BCUT2D eigenvalue weighted by Gasteiger charge is -2.24. The zero-order chi connectivity index (χ0) is 24.8. The molecule has 0 amide bonds. The maximum Gasteiger partial charge on any atom is 0.311 e. The number of nitrogens with zero attached hydrogens (tertiary/aromatic N) is 5. The lowest BCUT2D eigenvalue weighted by atomic mass is 10.2. The Labute approximate surface area is 189 Å². The molecule has 14 heteroatoms. The van der Waals surface area contributed by atoms with Crippen molar-refractivity contribution in [3.63, 3.8) is 0 Å². The number of benzene rings is 2. The summed E-state index contributed by atoms with van der Waals surface area (Å²) in [4.78, 5) is 22.2. The Morgan fingerprint density at radius 1 is 0.970 bits per heavy atom. The molecule has 0 heterocycles. The normalized spacial score (nSPS) is 11.5. The van der Waals surface area contributed by atoms with E-state index < -0.39 is 42.7 Å². The van der Waals surface area contributed by atoms with E-state index in [0.29, 0.717) is 12.1 Å². The summed E-state index contributed by atoms with van der Waals surface area (Å²) in [5.41, 5.74) is -1.63. The standard InChI is InChI=1S/C19H23FN6O6S/c1-4-8-24(9-5-2)13-6-7-15(16(10-13)23-33(3,31)32)21-22-17-11-14(20)18(25(27)28)12-19(17)26(29)30/h6-7,10-12,23H,4-5,8-9H2,1-3H3. The molecule has 1 N–H and O–H groups in total. The highest BCUT2D eigenvalue weighted by atomic mass is 32.2. The molecule has 0 atom stereocenters. The van der Waals surface area contributed by atoms with Gasteiger partial charge in [0.05, 0.1) is 27.9 Å². The summed E-state index contributed by atoms with van der Waals surface area (Å²) >= 11 is 0. The van der Waals surface area contributed by atoms with Crippen molar-refractivity contribution in [2.75, 3.05) is 29.0 Å². The molecular formula is C19H23FN6O6S. The van der Waals surface area contributed by atoms with Crippen LogP contribution < -0.4 is 9.62 Å². The summed E-state index contributed by atoms with van der Waals surface area (Å²) < 4.78 is 40.0. The monoisotopic (exact) mass is 482 g/mol. The van der Waals surface area contributed by atoms with Crippen molar-refractivity contribution < 1.29 is 22.7 Å². The summed E-state index contributed by atoms with van der Waals surface area (Å²) in [6, 6.07) is 5.71. The maximum absolute atomic E-state index is 14.0. The molecule has 178 valence electrons. The van der Waals surface area contributed by atoms with Crippen LogP contribution in [0.25, 0.3) is 0 Å². The number of hydrogen-bond acceptors (Lipinski definition) is 9. The van der Waals surface area contributed by atoms with Gasteiger partial charge in [-0.2, -0.15) is 4.39 Å². The van der Waals surface area contributed by atoms with Gasteiger partial charge < -0.3 is 4.90 Å². The quantitative estimate of drug-likeness (QED) is 0.266. The molecule has 0 aromatic heterocycles. The van der Waals surface area contributed by atoms with Gasteiger partial charge in [0.25, 0.3) is 0 Å². The number of nitro benzene ring substituents is 2. The minimum Gasteiger partial charge on any atom is -0.371 e. The minimum atomic E-state index is -3.71. The largest absolute Gasteiger partial charge is 0.371 e. The fourth-order valence-electron chi connectivity index (χ4n) is 3.01. The lowest BCUT2D eigenvalue weighted by molar-refractivity contribution is -0.395. The van der Waals surface area contributed by atoms with Gasteiger partial charge in [-0.1, -0.05) is 13.8 Å². The number of azo groups is 1. The van der Waals surface area contributed by atoms with Crippen molar-refractivity contribution in [3.8, 4) is 0 Å². The minimum absolute atomic E-state index is 0.0187. The van der Waals surface area contributed by atoms with Crippen LogP contribution in [0, 0.1) is 26.0 Å². The predicted molar refractivity (Wildman–Crippen MR) is 122 cm³/mol. The van der Waals surface area contributed by atoms with Gasteiger partial charge in [0.2, 0.25) is 15.8 Å². The Hall–Kier alpha value is -3.68. The van der Waals surface area contributed by atoms with Gasteiger partial charge in [-0.05, 0) is 31.0 Å². The Balaban J connectivity index is 2.56. The van der Waals surface area contributed by atoms with Gasteiger partial charge in [0.1, 0.15) is 5.69 Å². The highest BCUT2D eigenvalue weighted by Gasteiger charge is 2.25. The summed E-state index contributed by atoms with van der Waals surface area (Å²) in [6.45, 7) is 5.50. The molecular weight excluding hydrogens is 459 g/mol. The van der Waals surface area contributed by atoms with E-state index in [4.69, 9.17) is 0 Å². The van der Waals surface area contributed by atoms with Crippen LogP contribution in [-0.4, -0.2) is 37.6 Å². The lowest BCUT2D eigenvalue weighted by Crippen LogP contribution is -2.25. The fraction of sp³-hybridized carbons (Fsp3) is 0.368. The molecule has 33 heavy (non-hydrogen) atoms. The molecule has 0 aliphatic rings. The second-order valence-electron chi connectivity index (χ2n) is 7.07. The second-order valence-corrected chi connectivity index (χ2v) is 8.82. The number of anilines is 2. The molecule has 12 nitrogen and oxygen atoms in total. The number of rotatable bonds is 11. The van der Waals surface area contributed by atoms with Crippen molar-refractivity contribution in [3.05, 3.63) is 56.4 Å². The smallest absolute Gasteiger partial charge is 0.311 e. The first-order chi connectivity index (χ1) is 15.5. The first-order valence-corrected chi connectivity index (χ1v) is 11.8. The number of nitro groups is 2. The van der Waals surface area contributed by atoms with Gasteiger partial charge >= 0.3 is 11.4 Å². The zero-order valence-electron chi connectivity index (χ0n) is 18.2. The molecule has 2 aromatic rings. The maximum atomic E-state index is 14.0. The third-order valence-electron chi connectivity index (χ3n) is 4.33. The van der Waals surface area contributed by atoms with E-state index in [1.807, 2.05) is 13.8 Å². The Bertz CT molecular complexity index is 1180. The van der Waals surface area contributed by atoms with Crippen LogP contribution in [0.2, 0.25) is 0 Å². The number of sulfonamides is 1. The van der Waals surface area contributed by atoms with Crippen LogP contribution in [0.15, 0.2) is 40.6 Å². The summed E-state index contributed by atoms with van der Waals surface area (Å²) in [5, 5.41) is 29.7. The number of hydrogen-bond donors (Lipinski definition) is 1. The molecule has 0 aliphatic carbocycles. The molecule has 2 aromatic carbocycles. The van der Waals surface area contributed by atoms with Crippen LogP contribution in [0.3, 0.4) is 0 Å². The Morgan fingerprint density at radius 2 is 1.55 bits per heavy atom. The van der Waals surface area contributed by atoms with Crippen LogP contribution >= 0.6 is 0 Å². The van der Waals surface area contributed by atoms with Gasteiger partial charge in [-0.15, -0.1) is 10.2 Å². The first-order valence-electron chi connectivity index (χ1n) is 9.87. The van der Waals surface area contributed by atoms with Crippen molar-refractivity contribution in [1.29, 1.82) is 0 Å². The van der Waals surface area contributed by atoms with Crippen LogP contribution in [0.1, 0.15) is 26.7 Å². The average molecular weight is 482 g/mol. The molecule has 0 fully saturated rings. The Morgan fingerprint density at radius 3 is 2.06 bits per heavy atom. The fourth-order valence-corrected chi connectivity index (χ4v) is 3.58. The number of halogens is 1. The van der Waals surface area contributed by atoms with E-state index in [0.717, 1.165) is 37.9 Å². The van der Waals surface area contributed by atoms with E-state index in [1.54, 1.807) is 12.1 Å². The van der Waals surface area contributed by atoms with Crippen LogP contribution in [0.5, 0.6) is 0 Å². The number of nitrogens with one attached hydrogen (secondary N) is 1. The molecule has 0 saturated heterocycles. The predicted octanol–water partition coefficient (Wildman–Crippen LogP) is 5.06. The van der Waals surface area contributed by atoms with Gasteiger partial charge in [0, 0.05) is 24.8 Å². The van der Waals surface area contributed by atoms with E-state index in [2.05, 4.69) is 19.9 Å². The van der Waals surface area contributed by atoms with Crippen molar-refractivity contribution in [2.45, 2.75) is 26.7 Å². The summed E-state index contributed by atoms with van der Waals surface area (Å²) in [5.74, 6) is -1.32. The van der Waals surface area contributed by atoms with E-state index in [1.165, 1.54) is 6.07 Å². The third-order valence-corrected chi connectivity index (χ3v) is 4.92. The molecule has 0 aliphatic heterocycles. The van der Waals surface area contributed by atoms with E-state index >= 15 is 0 Å². The zero-order valence-corrected chi connectivity index (χ0v) is 19.0. The highest BCUT2D eigenvalue weighted by molar-refractivity contribution is 7.92. The van der Waals surface area contributed by atoms with Crippen molar-refractivity contribution in [2.24, 2.45) is 10.2 Å². The second kappa shape index (κ2) is 10.8. The topological polar surface area (TPSA) is 160 Å². The first kappa shape index (κ1) is 25.6. The average Bonchev–Trinajstić information content (AvgIpc) is 2.71. The Kier molecular flexibility index (Phi) is 8.34. The molecule has 0 radical (unpaired) electrons. The van der Waals surface area contributed by atoms with Crippen LogP contribution in [-0.2, 0) is 10.0 Å². The van der Waals surface area contributed by atoms with Gasteiger partial charge in [-0.25, -0.2) is 8.42 Å². The molecule has 0 bridgehead atoms. The van der Waals surface area contributed by atoms with Gasteiger partial charge in [-0.3, -0.25) is 25.0 Å². The van der Waals surface area contributed by atoms with E-state index in [-0.39, 0.29) is 11.4 Å². The van der Waals surface area contributed by atoms with Crippen molar-refractivity contribution >= 4 is 44.1 Å². The van der Waals surface area contributed by atoms with Crippen molar-refractivity contribution in [1.82, 2.24) is 0 Å². The third kappa shape index (κ3) is 6.90. The summed E-state index contributed by atoms with van der Waals surface area (Å²) in [6.07, 6.45) is 2.68. The summed E-state index contributed by atoms with van der Waals surface area (Å²) in [7, 11) is -3.71. The van der Waals surface area contributed by atoms with Crippen LogP contribution in [0.4, 0.5) is 38.5 Å². The van der Waals surface area contributed by atoms with Gasteiger partial charge in [0.15, 0.2) is 5.69 Å². The molecule has 2 rings (SSSR count). The SMILES string of the molecule is CCCN(CCC)c1ccc(N=Nc2cc(F)c([N+](=O)[O-])cc2[N+](=O)[O-])c(NS(C)(=O)=O)c1.